The van der Waals surface area contributed by atoms with Crippen LogP contribution in [0.25, 0.3) is 0 Å². The number of methoxy groups -OCH3 is 1. The molecule has 31 heavy (non-hydrogen) atoms. The molecule has 0 aromatic heterocycles. The molecule has 0 saturated carbocycles. The molecular formula is C21H24FN3O5S. The van der Waals surface area contributed by atoms with Gasteiger partial charge in [0.2, 0.25) is 11.8 Å². The minimum Gasteiger partial charge on any atom is -0.495 e. The summed E-state index contributed by atoms with van der Waals surface area (Å²) in [5.74, 6) is -2.61. The molecule has 8 nitrogen and oxygen atoms in total. The van der Waals surface area contributed by atoms with Crippen molar-refractivity contribution in [2.45, 2.75) is 0 Å². The van der Waals surface area contributed by atoms with E-state index in [1.165, 1.54) is 17.0 Å². The van der Waals surface area contributed by atoms with Gasteiger partial charge in [-0.25, -0.2) is 12.8 Å². The fourth-order valence-corrected chi connectivity index (χ4v) is 4.48. The Balaban J connectivity index is 1.51. The summed E-state index contributed by atoms with van der Waals surface area (Å²) >= 11 is 0. The number of anilines is 2. The Bertz CT molecular complexity index is 1040. The van der Waals surface area contributed by atoms with Gasteiger partial charge in [0.25, 0.3) is 0 Å². The maximum absolute atomic E-state index is 12.9. The molecule has 1 aliphatic rings. The second kappa shape index (κ2) is 9.78. The van der Waals surface area contributed by atoms with Gasteiger partial charge in [-0.1, -0.05) is 12.1 Å². The third-order valence-corrected chi connectivity index (χ3v) is 6.27. The number of benzene rings is 2. The third-order valence-electron chi connectivity index (χ3n) is 4.88. The summed E-state index contributed by atoms with van der Waals surface area (Å²) in [4.78, 5) is 28.1. The lowest BCUT2D eigenvalue weighted by Crippen LogP contribution is -2.50. The highest BCUT2D eigenvalue weighted by atomic mass is 32.2. The Hall–Kier alpha value is -3.14. The van der Waals surface area contributed by atoms with Crippen molar-refractivity contribution < 1.29 is 27.1 Å². The van der Waals surface area contributed by atoms with Crippen molar-refractivity contribution in [3.63, 3.8) is 0 Å². The zero-order valence-electron chi connectivity index (χ0n) is 17.1. The molecule has 2 aromatic carbocycles. The lowest BCUT2D eigenvalue weighted by atomic mass is 10.2. The monoisotopic (exact) mass is 449 g/mol. The molecular weight excluding hydrogens is 425 g/mol. The van der Waals surface area contributed by atoms with Crippen molar-refractivity contribution >= 4 is 33.0 Å². The van der Waals surface area contributed by atoms with Gasteiger partial charge in [-0.15, -0.1) is 0 Å². The van der Waals surface area contributed by atoms with Crippen LogP contribution in [0.5, 0.6) is 5.75 Å². The van der Waals surface area contributed by atoms with E-state index in [-0.39, 0.29) is 5.69 Å². The number of carbonyl (C=O) groups is 2. The Morgan fingerprint density at radius 1 is 1.00 bits per heavy atom. The number of hydrogen-bond acceptors (Lipinski definition) is 6. The molecule has 0 atom stereocenters. The molecule has 1 aliphatic heterocycles. The lowest BCUT2D eigenvalue weighted by molar-refractivity contribution is -0.128. The number of hydrogen-bond donors (Lipinski definition) is 1. The minimum atomic E-state index is -3.94. The maximum Gasteiger partial charge on any atom is 0.239 e. The van der Waals surface area contributed by atoms with E-state index in [0.29, 0.717) is 26.2 Å². The molecule has 0 aliphatic carbocycles. The smallest absolute Gasteiger partial charge is 0.239 e. The van der Waals surface area contributed by atoms with Crippen molar-refractivity contribution in [2.75, 3.05) is 55.0 Å². The third kappa shape index (κ3) is 6.17. The van der Waals surface area contributed by atoms with Crippen molar-refractivity contribution in [1.82, 2.24) is 4.90 Å². The first kappa shape index (κ1) is 22.5. The summed E-state index contributed by atoms with van der Waals surface area (Å²) in [6.45, 7) is 1.82. The highest BCUT2D eigenvalue weighted by molar-refractivity contribution is 7.92. The first-order valence-electron chi connectivity index (χ1n) is 9.69. The zero-order valence-corrected chi connectivity index (χ0v) is 17.9. The Labute approximate surface area is 180 Å². The summed E-state index contributed by atoms with van der Waals surface area (Å²) in [7, 11) is -2.35. The van der Waals surface area contributed by atoms with E-state index in [1.807, 2.05) is 24.3 Å². The van der Waals surface area contributed by atoms with Crippen LogP contribution in [0.3, 0.4) is 0 Å². The summed E-state index contributed by atoms with van der Waals surface area (Å²) in [5.41, 5.74) is 1.20. The average Bonchev–Trinajstić information content (AvgIpc) is 2.74. The molecule has 0 bridgehead atoms. The first-order valence-corrected chi connectivity index (χ1v) is 11.5. The van der Waals surface area contributed by atoms with Crippen molar-refractivity contribution in [3.8, 4) is 5.75 Å². The highest BCUT2D eigenvalue weighted by Gasteiger charge is 2.27. The Morgan fingerprint density at radius 2 is 1.65 bits per heavy atom. The van der Waals surface area contributed by atoms with Gasteiger partial charge in [0.1, 0.15) is 23.1 Å². The largest absolute Gasteiger partial charge is 0.495 e. The van der Waals surface area contributed by atoms with Gasteiger partial charge in [-0.3, -0.25) is 9.59 Å². The number of nitrogens with one attached hydrogen (secondary N) is 1. The molecule has 2 amide bonds. The van der Waals surface area contributed by atoms with E-state index in [2.05, 4.69) is 10.2 Å². The molecule has 166 valence electrons. The topological polar surface area (TPSA) is 96.0 Å². The van der Waals surface area contributed by atoms with E-state index < -0.39 is 39.0 Å². The number of sulfone groups is 1. The van der Waals surface area contributed by atoms with E-state index >= 15 is 0 Å². The number of carbonyl (C=O) groups excluding carboxylic acids is 2. The van der Waals surface area contributed by atoms with Crippen LogP contribution in [0, 0.1) is 5.82 Å². The van der Waals surface area contributed by atoms with Crippen LogP contribution in [-0.2, 0) is 19.4 Å². The SMILES string of the molecule is COc1ccccc1N1CCN(C(=O)CS(=O)(=O)CC(=O)Nc2ccc(F)cc2)CC1. The number of para-hydroxylation sites is 2. The predicted molar refractivity (Wildman–Crippen MR) is 115 cm³/mol. The van der Waals surface area contributed by atoms with Gasteiger partial charge in [-0.05, 0) is 36.4 Å². The standard InChI is InChI=1S/C21H24FN3O5S/c1-30-19-5-3-2-4-18(19)24-10-12-25(13-11-24)21(27)15-31(28,29)14-20(26)23-17-8-6-16(22)7-9-17/h2-9H,10-15H2,1H3,(H,23,26). The summed E-state index contributed by atoms with van der Waals surface area (Å²) in [6, 6.07) is 12.5. The van der Waals surface area contributed by atoms with Crippen LogP contribution in [0.2, 0.25) is 0 Å². The molecule has 1 N–H and O–H groups in total. The number of ether oxygens (including phenoxy) is 1. The van der Waals surface area contributed by atoms with Gasteiger partial charge in [0.15, 0.2) is 9.84 Å². The Morgan fingerprint density at radius 3 is 2.29 bits per heavy atom. The zero-order chi connectivity index (χ0) is 22.4. The fourth-order valence-electron chi connectivity index (χ4n) is 3.35. The number of nitrogens with zero attached hydrogens (tertiary/aromatic N) is 2. The van der Waals surface area contributed by atoms with Gasteiger partial charge in [0.05, 0.1) is 12.8 Å². The first-order chi connectivity index (χ1) is 14.8. The summed E-state index contributed by atoms with van der Waals surface area (Å²) in [5, 5.41) is 2.38. The Kier molecular flexibility index (Phi) is 7.11. The fraction of sp³-hybridized carbons (Fsp3) is 0.333. The molecule has 1 fully saturated rings. The lowest BCUT2D eigenvalue weighted by Gasteiger charge is -2.36. The van der Waals surface area contributed by atoms with Gasteiger partial charge in [-0.2, -0.15) is 0 Å². The van der Waals surface area contributed by atoms with Gasteiger partial charge in [0, 0.05) is 31.9 Å². The molecule has 2 aromatic rings. The average molecular weight is 450 g/mol. The van der Waals surface area contributed by atoms with Gasteiger partial charge < -0.3 is 19.9 Å². The summed E-state index contributed by atoms with van der Waals surface area (Å²) < 4.78 is 42.9. The van der Waals surface area contributed by atoms with Crippen LogP contribution in [0.4, 0.5) is 15.8 Å². The van der Waals surface area contributed by atoms with Crippen molar-refractivity contribution in [2.24, 2.45) is 0 Å². The summed E-state index contributed by atoms with van der Waals surface area (Å²) in [6.07, 6.45) is 0. The molecule has 0 spiro atoms. The number of rotatable bonds is 7. The number of amides is 2. The normalized spacial score (nSPS) is 14.3. The van der Waals surface area contributed by atoms with Crippen molar-refractivity contribution in [1.29, 1.82) is 0 Å². The number of piperazine rings is 1. The second-order valence-electron chi connectivity index (χ2n) is 7.13. The van der Waals surface area contributed by atoms with E-state index in [4.69, 9.17) is 4.74 Å². The van der Waals surface area contributed by atoms with Crippen LogP contribution < -0.4 is 15.0 Å². The molecule has 0 radical (unpaired) electrons. The molecule has 10 heteroatoms. The van der Waals surface area contributed by atoms with Crippen LogP contribution in [0.1, 0.15) is 0 Å². The van der Waals surface area contributed by atoms with E-state index in [1.54, 1.807) is 7.11 Å². The second-order valence-corrected chi connectivity index (χ2v) is 9.19. The van der Waals surface area contributed by atoms with Crippen LogP contribution in [0.15, 0.2) is 48.5 Å². The molecule has 0 unspecified atom stereocenters. The highest BCUT2D eigenvalue weighted by Crippen LogP contribution is 2.28. The minimum absolute atomic E-state index is 0.278. The van der Waals surface area contributed by atoms with Crippen molar-refractivity contribution in [3.05, 3.63) is 54.3 Å². The molecule has 3 rings (SSSR count). The maximum atomic E-state index is 12.9. The molecule has 1 saturated heterocycles. The van der Waals surface area contributed by atoms with Gasteiger partial charge >= 0.3 is 0 Å². The molecule has 1 heterocycles. The van der Waals surface area contributed by atoms with Crippen LogP contribution in [-0.4, -0.2) is 69.9 Å². The van der Waals surface area contributed by atoms with Crippen LogP contribution >= 0.6 is 0 Å². The van der Waals surface area contributed by atoms with E-state index in [0.717, 1.165) is 23.6 Å². The quantitative estimate of drug-likeness (QED) is 0.689. The predicted octanol–water partition coefficient (Wildman–Crippen LogP) is 1.54. The number of halogens is 1. The van der Waals surface area contributed by atoms with E-state index in [9.17, 15) is 22.4 Å².